The molecule has 0 radical (unpaired) electrons. The molecule has 0 amide bonds. The van der Waals surface area contributed by atoms with Gasteiger partial charge in [0.15, 0.2) is 0 Å². The van der Waals surface area contributed by atoms with E-state index in [1.54, 1.807) is 18.5 Å². The van der Waals surface area contributed by atoms with Crippen LogP contribution in [0.1, 0.15) is 0 Å². The summed E-state index contributed by atoms with van der Waals surface area (Å²) in [5, 5.41) is 2.10. The Kier molecular flexibility index (Phi) is 2.45. The molecule has 0 spiro atoms. The lowest BCUT2D eigenvalue weighted by atomic mass is 9.98. The third-order valence-corrected chi connectivity index (χ3v) is 2.99. The second-order valence-electron chi connectivity index (χ2n) is 4.13. The van der Waals surface area contributed by atoms with Crippen LogP contribution in [0.3, 0.4) is 0 Å². The number of pyridine rings is 1. The van der Waals surface area contributed by atoms with Crippen LogP contribution in [0.4, 0.5) is 10.1 Å². The van der Waals surface area contributed by atoms with E-state index in [1.165, 1.54) is 12.1 Å². The van der Waals surface area contributed by atoms with E-state index in [4.69, 9.17) is 5.73 Å². The fraction of sp³-hybridized carbons (Fsp3) is 0. The Bertz CT molecular complexity index is 717. The Labute approximate surface area is 104 Å². The van der Waals surface area contributed by atoms with E-state index in [1.807, 2.05) is 24.3 Å². The molecule has 18 heavy (non-hydrogen) atoms. The summed E-state index contributed by atoms with van der Waals surface area (Å²) in [4.78, 5) is 4.13. The maximum atomic E-state index is 13.1. The van der Waals surface area contributed by atoms with Crippen LogP contribution in [0.25, 0.3) is 21.9 Å². The molecule has 2 nitrogen and oxygen atoms in total. The molecule has 0 bridgehead atoms. The maximum absolute atomic E-state index is 13.1. The van der Waals surface area contributed by atoms with Crippen molar-refractivity contribution in [1.82, 2.24) is 4.98 Å². The van der Waals surface area contributed by atoms with Crippen LogP contribution in [-0.4, -0.2) is 4.98 Å². The lowest BCUT2D eigenvalue weighted by Crippen LogP contribution is -1.92. The van der Waals surface area contributed by atoms with Gasteiger partial charge >= 0.3 is 0 Å². The fourth-order valence-electron chi connectivity index (χ4n) is 2.13. The van der Waals surface area contributed by atoms with Crippen molar-refractivity contribution in [2.75, 3.05) is 5.73 Å². The molecule has 0 aliphatic heterocycles. The lowest BCUT2D eigenvalue weighted by Gasteiger charge is -2.09. The van der Waals surface area contributed by atoms with E-state index in [2.05, 4.69) is 4.98 Å². The first-order valence-electron chi connectivity index (χ1n) is 5.64. The molecular weight excluding hydrogens is 227 g/mol. The zero-order chi connectivity index (χ0) is 12.5. The summed E-state index contributed by atoms with van der Waals surface area (Å²) in [5.41, 5.74) is 8.12. The summed E-state index contributed by atoms with van der Waals surface area (Å²) in [6.07, 6.45) is 3.55. The Balaban J connectivity index is 2.31. The Hall–Kier alpha value is -2.42. The zero-order valence-corrected chi connectivity index (χ0v) is 9.60. The Morgan fingerprint density at radius 2 is 1.89 bits per heavy atom. The van der Waals surface area contributed by atoms with Crippen molar-refractivity contribution in [3.05, 3.63) is 60.7 Å². The van der Waals surface area contributed by atoms with Gasteiger partial charge in [0.1, 0.15) is 5.82 Å². The highest BCUT2D eigenvalue weighted by Gasteiger charge is 2.07. The molecule has 88 valence electrons. The standard InChI is InChI=1S/C15H11FN2/c16-11-4-5-13(15(17)8-11)12-3-1-2-10-6-7-18-9-14(10)12/h1-9H,17H2. The Morgan fingerprint density at radius 1 is 1.00 bits per heavy atom. The van der Waals surface area contributed by atoms with Crippen LogP contribution in [0.5, 0.6) is 0 Å². The second kappa shape index (κ2) is 4.11. The van der Waals surface area contributed by atoms with Crippen LogP contribution >= 0.6 is 0 Å². The van der Waals surface area contributed by atoms with Gasteiger partial charge in [0.05, 0.1) is 0 Å². The van der Waals surface area contributed by atoms with Crippen LogP contribution in [0, 0.1) is 5.82 Å². The van der Waals surface area contributed by atoms with Gasteiger partial charge in [-0.05, 0) is 35.2 Å². The number of rotatable bonds is 1. The molecule has 0 saturated heterocycles. The fourth-order valence-corrected chi connectivity index (χ4v) is 2.13. The number of nitrogens with zero attached hydrogens (tertiary/aromatic N) is 1. The van der Waals surface area contributed by atoms with Gasteiger partial charge in [-0.3, -0.25) is 4.98 Å². The highest BCUT2D eigenvalue weighted by molar-refractivity contribution is 5.98. The van der Waals surface area contributed by atoms with Gasteiger partial charge in [-0.15, -0.1) is 0 Å². The predicted molar refractivity (Wildman–Crippen MR) is 71.5 cm³/mol. The molecular formula is C15H11FN2. The first kappa shape index (κ1) is 10.7. The smallest absolute Gasteiger partial charge is 0.125 e. The number of halogens is 1. The summed E-state index contributed by atoms with van der Waals surface area (Å²) >= 11 is 0. The lowest BCUT2D eigenvalue weighted by molar-refractivity contribution is 0.628. The molecule has 3 aromatic rings. The van der Waals surface area contributed by atoms with Crippen molar-refractivity contribution in [1.29, 1.82) is 0 Å². The van der Waals surface area contributed by atoms with Crippen LogP contribution in [0.15, 0.2) is 54.9 Å². The van der Waals surface area contributed by atoms with E-state index in [9.17, 15) is 4.39 Å². The van der Waals surface area contributed by atoms with Gasteiger partial charge in [0, 0.05) is 29.0 Å². The molecule has 0 aliphatic carbocycles. The van der Waals surface area contributed by atoms with E-state index < -0.39 is 0 Å². The molecule has 0 fully saturated rings. The number of nitrogens with two attached hydrogens (primary N) is 1. The summed E-state index contributed by atoms with van der Waals surface area (Å²) in [6, 6.07) is 12.3. The molecule has 3 rings (SSSR count). The number of hydrogen-bond acceptors (Lipinski definition) is 2. The summed E-state index contributed by atoms with van der Waals surface area (Å²) in [6.45, 7) is 0. The first-order valence-corrected chi connectivity index (χ1v) is 5.64. The average molecular weight is 238 g/mol. The van der Waals surface area contributed by atoms with Gasteiger partial charge in [-0.25, -0.2) is 4.39 Å². The molecule has 1 aromatic heterocycles. The highest BCUT2D eigenvalue weighted by Crippen LogP contribution is 2.32. The second-order valence-corrected chi connectivity index (χ2v) is 4.13. The summed E-state index contributed by atoms with van der Waals surface area (Å²) in [7, 11) is 0. The van der Waals surface area contributed by atoms with Crippen LogP contribution in [0.2, 0.25) is 0 Å². The number of hydrogen-bond donors (Lipinski definition) is 1. The highest BCUT2D eigenvalue weighted by atomic mass is 19.1. The number of anilines is 1. The van der Waals surface area contributed by atoms with Crippen molar-refractivity contribution >= 4 is 16.5 Å². The molecule has 1 heterocycles. The molecule has 2 N–H and O–H groups in total. The van der Waals surface area contributed by atoms with Gasteiger partial charge < -0.3 is 5.73 Å². The van der Waals surface area contributed by atoms with Crippen molar-refractivity contribution < 1.29 is 4.39 Å². The van der Waals surface area contributed by atoms with Crippen molar-refractivity contribution in [2.45, 2.75) is 0 Å². The minimum atomic E-state index is -0.324. The summed E-state index contributed by atoms with van der Waals surface area (Å²) in [5.74, 6) is -0.324. The van der Waals surface area contributed by atoms with Crippen molar-refractivity contribution in [3.8, 4) is 11.1 Å². The molecule has 2 aromatic carbocycles. The third kappa shape index (κ3) is 1.70. The minimum Gasteiger partial charge on any atom is -0.398 e. The van der Waals surface area contributed by atoms with E-state index in [0.717, 1.165) is 21.9 Å². The third-order valence-electron chi connectivity index (χ3n) is 2.99. The maximum Gasteiger partial charge on any atom is 0.125 e. The SMILES string of the molecule is Nc1cc(F)ccc1-c1cccc2ccncc12. The summed E-state index contributed by atoms with van der Waals surface area (Å²) < 4.78 is 13.1. The quantitative estimate of drug-likeness (QED) is 0.657. The molecule has 0 aliphatic rings. The van der Waals surface area contributed by atoms with Crippen molar-refractivity contribution in [3.63, 3.8) is 0 Å². The number of aromatic nitrogens is 1. The van der Waals surface area contributed by atoms with E-state index in [-0.39, 0.29) is 5.82 Å². The largest absolute Gasteiger partial charge is 0.398 e. The number of nitrogen functional groups attached to an aromatic ring is 1. The Morgan fingerprint density at radius 3 is 2.72 bits per heavy atom. The van der Waals surface area contributed by atoms with E-state index >= 15 is 0 Å². The molecule has 3 heteroatoms. The van der Waals surface area contributed by atoms with Gasteiger partial charge in [0.25, 0.3) is 0 Å². The number of benzene rings is 2. The monoisotopic (exact) mass is 238 g/mol. The molecule has 0 atom stereocenters. The molecule has 0 saturated carbocycles. The average Bonchev–Trinajstić information content (AvgIpc) is 2.38. The number of fused-ring (bicyclic) bond motifs is 1. The topological polar surface area (TPSA) is 38.9 Å². The van der Waals surface area contributed by atoms with E-state index in [0.29, 0.717) is 5.69 Å². The molecule has 0 unspecified atom stereocenters. The minimum absolute atomic E-state index is 0.324. The van der Waals surface area contributed by atoms with Crippen LogP contribution < -0.4 is 5.73 Å². The van der Waals surface area contributed by atoms with Gasteiger partial charge in [0.2, 0.25) is 0 Å². The van der Waals surface area contributed by atoms with Gasteiger partial charge in [-0.2, -0.15) is 0 Å². The van der Waals surface area contributed by atoms with Crippen molar-refractivity contribution in [2.24, 2.45) is 0 Å². The van der Waals surface area contributed by atoms with Crippen LogP contribution in [-0.2, 0) is 0 Å². The van der Waals surface area contributed by atoms with Gasteiger partial charge in [-0.1, -0.05) is 18.2 Å². The normalized spacial score (nSPS) is 10.7. The predicted octanol–water partition coefficient (Wildman–Crippen LogP) is 3.62. The zero-order valence-electron chi connectivity index (χ0n) is 9.60. The first-order chi connectivity index (χ1) is 8.75.